The van der Waals surface area contributed by atoms with E-state index >= 15 is 0 Å². The number of hydrogen-bond donors (Lipinski definition) is 0. The molecular formula is C8H7NO2S. The molecule has 0 aliphatic heterocycles. The number of ketones is 1. The van der Waals surface area contributed by atoms with Gasteiger partial charge in [-0.1, -0.05) is 6.08 Å². The largest absolute Gasteiger partial charge is 0.367 e. The lowest BCUT2D eigenvalue weighted by Crippen LogP contribution is -2.24. The fourth-order valence-corrected chi connectivity index (χ4v) is 1.05. The van der Waals surface area contributed by atoms with Gasteiger partial charge in [0.2, 0.25) is 0 Å². The van der Waals surface area contributed by atoms with Gasteiger partial charge in [0.05, 0.1) is 10.9 Å². The van der Waals surface area contributed by atoms with Gasteiger partial charge in [0.15, 0.2) is 11.9 Å². The fourth-order valence-electron chi connectivity index (χ4n) is 0.948. The molecule has 0 fully saturated rings. The summed E-state index contributed by atoms with van der Waals surface area (Å²) in [5.74, 6) is -0.121. The van der Waals surface area contributed by atoms with Gasteiger partial charge in [0.25, 0.3) is 0 Å². The predicted octanol–water partition coefficient (Wildman–Crippen LogP) is 1.13. The van der Waals surface area contributed by atoms with Gasteiger partial charge < -0.3 is 4.74 Å². The summed E-state index contributed by atoms with van der Waals surface area (Å²) < 4.78 is 4.92. The lowest BCUT2D eigenvalue weighted by Gasteiger charge is -2.13. The van der Waals surface area contributed by atoms with Crippen molar-refractivity contribution in [2.75, 3.05) is 7.11 Å². The average molecular weight is 181 g/mol. The molecule has 0 radical (unpaired) electrons. The Morgan fingerprint density at radius 1 is 1.75 bits per heavy atom. The topological polar surface area (TPSA) is 38.7 Å². The third-order valence-electron chi connectivity index (χ3n) is 1.46. The number of thiocarbonyl (C=S) groups is 1. The zero-order valence-electron chi connectivity index (χ0n) is 6.48. The van der Waals surface area contributed by atoms with Gasteiger partial charge in [-0.3, -0.25) is 4.79 Å². The molecule has 1 rings (SSSR count). The number of allylic oxidation sites excluding steroid dienone is 2. The molecule has 0 saturated carbocycles. The Bertz CT molecular complexity index is 300. The zero-order chi connectivity index (χ0) is 8.97. The fraction of sp³-hybridized carbons (Fsp3) is 0.250. The lowest BCUT2D eigenvalue weighted by atomic mass is 10.1. The van der Waals surface area contributed by atoms with Gasteiger partial charge in [0.1, 0.15) is 0 Å². The Morgan fingerprint density at radius 2 is 2.50 bits per heavy atom. The summed E-state index contributed by atoms with van der Waals surface area (Å²) in [6, 6.07) is 0. The van der Waals surface area contributed by atoms with Crippen LogP contribution in [0.2, 0.25) is 0 Å². The number of rotatable bonds is 2. The summed E-state index contributed by atoms with van der Waals surface area (Å²) in [4.78, 5) is 14.9. The minimum Gasteiger partial charge on any atom is -0.367 e. The number of carbonyl (C=O) groups is 1. The lowest BCUT2D eigenvalue weighted by molar-refractivity contribution is -0.122. The highest BCUT2D eigenvalue weighted by atomic mass is 32.1. The molecule has 62 valence electrons. The van der Waals surface area contributed by atoms with Gasteiger partial charge in [-0.15, -0.1) is 0 Å². The summed E-state index contributed by atoms with van der Waals surface area (Å²) in [5, 5.41) is 2.20. The van der Waals surface area contributed by atoms with Crippen LogP contribution in [0, 0.1) is 0 Å². The second-order valence-electron chi connectivity index (χ2n) is 2.17. The second kappa shape index (κ2) is 4.07. The second-order valence-corrected chi connectivity index (χ2v) is 2.35. The molecular weight excluding hydrogens is 174 g/mol. The van der Waals surface area contributed by atoms with Crippen LogP contribution in [-0.2, 0) is 9.53 Å². The Labute approximate surface area is 75.4 Å². The van der Waals surface area contributed by atoms with Crippen LogP contribution in [0.1, 0.15) is 0 Å². The molecule has 0 amide bonds. The highest BCUT2D eigenvalue weighted by molar-refractivity contribution is 7.78. The molecule has 0 saturated heterocycles. The monoisotopic (exact) mass is 181 g/mol. The van der Waals surface area contributed by atoms with Gasteiger partial charge in [-0.05, 0) is 24.4 Å². The van der Waals surface area contributed by atoms with Crippen LogP contribution in [0.5, 0.6) is 0 Å². The molecule has 3 nitrogen and oxygen atoms in total. The van der Waals surface area contributed by atoms with Crippen molar-refractivity contribution in [2.45, 2.75) is 6.10 Å². The first-order chi connectivity index (χ1) is 5.79. The van der Waals surface area contributed by atoms with E-state index in [1.807, 2.05) is 0 Å². The Balaban J connectivity index is 2.95. The van der Waals surface area contributed by atoms with Crippen molar-refractivity contribution in [3.63, 3.8) is 0 Å². The molecule has 1 atom stereocenters. The first-order valence-corrected chi connectivity index (χ1v) is 3.73. The number of carbonyl (C=O) groups excluding carboxylic acids is 1. The summed E-state index contributed by atoms with van der Waals surface area (Å²) >= 11 is 4.42. The third-order valence-corrected chi connectivity index (χ3v) is 1.56. The molecule has 1 unspecified atom stereocenters. The number of ether oxygens (including phenoxy) is 1. The molecule has 0 spiro atoms. The maximum atomic E-state index is 11.1. The third kappa shape index (κ3) is 1.74. The van der Waals surface area contributed by atoms with Gasteiger partial charge >= 0.3 is 0 Å². The molecule has 1 aliphatic rings. The summed E-state index contributed by atoms with van der Waals surface area (Å²) in [5.41, 5.74) is 0.500. The van der Waals surface area contributed by atoms with Crippen LogP contribution >= 0.6 is 12.2 Å². The van der Waals surface area contributed by atoms with E-state index in [4.69, 9.17) is 4.74 Å². The molecule has 0 heterocycles. The van der Waals surface area contributed by atoms with Crippen LogP contribution in [0.15, 0.2) is 28.9 Å². The van der Waals surface area contributed by atoms with Gasteiger partial charge in [-0.25, -0.2) is 0 Å². The van der Waals surface area contributed by atoms with E-state index in [0.29, 0.717) is 5.70 Å². The molecule has 0 bridgehead atoms. The van der Waals surface area contributed by atoms with Crippen molar-refractivity contribution in [1.29, 1.82) is 0 Å². The van der Waals surface area contributed by atoms with Crippen molar-refractivity contribution < 1.29 is 9.53 Å². The van der Waals surface area contributed by atoms with Crippen molar-refractivity contribution in [1.82, 2.24) is 0 Å². The number of nitrogens with zero attached hydrogens (tertiary/aromatic N) is 1. The minimum atomic E-state index is -0.620. The van der Waals surface area contributed by atoms with E-state index in [2.05, 4.69) is 22.4 Å². The number of isothiocyanates is 1. The summed E-state index contributed by atoms with van der Waals surface area (Å²) in [7, 11) is 1.45. The van der Waals surface area contributed by atoms with E-state index in [0.717, 1.165) is 0 Å². The molecule has 12 heavy (non-hydrogen) atoms. The van der Waals surface area contributed by atoms with Gasteiger partial charge in [-0.2, -0.15) is 4.99 Å². The zero-order valence-corrected chi connectivity index (χ0v) is 7.30. The molecule has 1 aliphatic carbocycles. The molecule has 0 aromatic rings. The summed E-state index contributed by atoms with van der Waals surface area (Å²) in [6.45, 7) is 0. The number of hydrogen-bond acceptors (Lipinski definition) is 4. The van der Waals surface area contributed by atoms with Crippen molar-refractivity contribution in [3.05, 3.63) is 23.9 Å². The Hall–Kier alpha value is -1.09. The maximum Gasteiger partial charge on any atom is 0.190 e. The first-order valence-electron chi connectivity index (χ1n) is 3.32. The molecule has 4 heteroatoms. The normalized spacial score (nSPS) is 21.6. The van der Waals surface area contributed by atoms with Crippen LogP contribution < -0.4 is 0 Å². The van der Waals surface area contributed by atoms with E-state index in [1.165, 1.54) is 13.2 Å². The first kappa shape index (κ1) is 9.00. The highest BCUT2D eigenvalue weighted by Crippen LogP contribution is 2.13. The van der Waals surface area contributed by atoms with E-state index in [9.17, 15) is 4.79 Å². The molecule has 0 aromatic heterocycles. The van der Waals surface area contributed by atoms with Crippen molar-refractivity contribution in [3.8, 4) is 0 Å². The van der Waals surface area contributed by atoms with Crippen molar-refractivity contribution >= 4 is 23.2 Å². The predicted molar refractivity (Wildman–Crippen MR) is 48.1 cm³/mol. The molecule has 0 N–H and O–H groups in total. The van der Waals surface area contributed by atoms with E-state index < -0.39 is 6.10 Å². The summed E-state index contributed by atoms with van der Waals surface area (Å²) in [6.07, 6.45) is 4.11. The Kier molecular flexibility index (Phi) is 3.05. The van der Waals surface area contributed by atoms with E-state index in [-0.39, 0.29) is 5.78 Å². The standard InChI is InChI=1S/C8H7NO2S/c1-11-8-6(9-5-12)3-2-4-7(8)10/h2-4,8H,1H3. The van der Waals surface area contributed by atoms with Crippen LogP contribution in [-0.4, -0.2) is 24.2 Å². The highest BCUT2D eigenvalue weighted by Gasteiger charge is 2.21. The average Bonchev–Trinajstić information content (AvgIpc) is 2.05. The maximum absolute atomic E-state index is 11.1. The van der Waals surface area contributed by atoms with Crippen LogP contribution in [0.3, 0.4) is 0 Å². The SMILES string of the molecule is COC1C(=O)C=CC=C1N=C=S. The Morgan fingerprint density at radius 3 is 3.08 bits per heavy atom. The van der Waals surface area contributed by atoms with Crippen molar-refractivity contribution in [2.24, 2.45) is 4.99 Å². The minimum absolute atomic E-state index is 0.121. The molecule has 0 aromatic carbocycles. The van der Waals surface area contributed by atoms with E-state index in [1.54, 1.807) is 12.2 Å². The van der Waals surface area contributed by atoms with Crippen LogP contribution in [0.25, 0.3) is 0 Å². The number of methoxy groups -OCH3 is 1. The smallest absolute Gasteiger partial charge is 0.190 e. The number of aliphatic imine (C=N–C) groups is 1. The van der Waals surface area contributed by atoms with Crippen LogP contribution in [0.4, 0.5) is 0 Å². The quantitative estimate of drug-likeness (QED) is 0.473. The van der Waals surface area contributed by atoms with Gasteiger partial charge in [0, 0.05) is 7.11 Å².